The zero-order valence-electron chi connectivity index (χ0n) is 13.3. The Kier molecular flexibility index (Phi) is 4.46. The summed E-state index contributed by atoms with van der Waals surface area (Å²) >= 11 is 0. The van der Waals surface area contributed by atoms with Crippen molar-refractivity contribution in [3.63, 3.8) is 0 Å². The molecule has 1 aromatic heterocycles. The van der Waals surface area contributed by atoms with Crippen molar-refractivity contribution in [1.82, 2.24) is 4.98 Å². The molecule has 0 aliphatic heterocycles. The van der Waals surface area contributed by atoms with Gasteiger partial charge in [-0.05, 0) is 61.6 Å². The fraction of sp³-hybridized carbons (Fsp3) is 0.278. The van der Waals surface area contributed by atoms with Gasteiger partial charge in [-0.2, -0.15) is 0 Å². The van der Waals surface area contributed by atoms with Crippen LogP contribution in [0, 0.1) is 6.92 Å². The molecule has 0 unspecified atom stereocenters. The fourth-order valence-electron chi connectivity index (χ4n) is 2.58. The van der Waals surface area contributed by atoms with Crippen molar-refractivity contribution < 1.29 is 19.4 Å². The fourth-order valence-corrected chi connectivity index (χ4v) is 2.58. The van der Waals surface area contributed by atoms with E-state index < -0.39 is 12.6 Å². The molecule has 1 saturated carbocycles. The smallest absolute Gasteiger partial charge is 0.341 e. The van der Waals surface area contributed by atoms with E-state index in [1.165, 1.54) is 0 Å². The summed E-state index contributed by atoms with van der Waals surface area (Å²) in [6.07, 6.45) is 3.95. The molecule has 1 heterocycles. The Morgan fingerprint density at radius 1 is 1.25 bits per heavy atom. The molecule has 1 aliphatic carbocycles. The second kappa shape index (κ2) is 6.70. The number of carbonyl (C=O) groups excluding carboxylic acids is 1. The van der Waals surface area contributed by atoms with Crippen LogP contribution in [0.2, 0.25) is 0 Å². The molecule has 1 aliphatic rings. The quantitative estimate of drug-likeness (QED) is 0.852. The first-order valence-corrected chi connectivity index (χ1v) is 7.76. The minimum atomic E-state index is -1.05. The van der Waals surface area contributed by atoms with Crippen LogP contribution >= 0.6 is 0 Å². The number of carbonyl (C=O) groups is 2. The normalized spacial score (nSPS) is 13.4. The summed E-state index contributed by atoms with van der Waals surface area (Å²) in [5.41, 5.74) is 2.72. The molecular formula is C18H18N2O4. The molecule has 1 amide bonds. The van der Waals surface area contributed by atoms with Gasteiger partial charge in [0.1, 0.15) is 11.6 Å². The van der Waals surface area contributed by atoms with Gasteiger partial charge in [-0.15, -0.1) is 0 Å². The van der Waals surface area contributed by atoms with Gasteiger partial charge in [0.2, 0.25) is 0 Å². The van der Waals surface area contributed by atoms with Gasteiger partial charge in [-0.25, -0.2) is 9.78 Å². The molecular weight excluding hydrogens is 308 g/mol. The van der Waals surface area contributed by atoms with Gasteiger partial charge in [0.05, 0.1) is 0 Å². The van der Waals surface area contributed by atoms with Crippen molar-refractivity contribution in [3.05, 3.63) is 53.2 Å². The first-order chi connectivity index (χ1) is 11.5. The molecule has 124 valence electrons. The second-order valence-corrected chi connectivity index (χ2v) is 5.83. The van der Waals surface area contributed by atoms with Gasteiger partial charge in [0, 0.05) is 17.3 Å². The lowest BCUT2D eigenvalue weighted by Crippen LogP contribution is -2.15. The highest BCUT2D eigenvalue weighted by Crippen LogP contribution is 2.44. The summed E-state index contributed by atoms with van der Waals surface area (Å²) in [5, 5.41) is 11.5. The molecule has 3 rings (SSSR count). The van der Waals surface area contributed by atoms with E-state index in [0.29, 0.717) is 23.0 Å². The number of hydrogen-bond donors (Lipinski definition) is 2. The molecule has 0 spiro atoms. The molecule has 0 radical (unpaired) electrons. The minimum Gasteiger partial charge on any atom is -0.482 e. The van der Waals surface area contributed by atoms with Crippen molar-refractivity contribution in [1.29, 1.82) is 0 Å². The molecule has 0 bridgehead atoms. The summed E-state index contributed by atoms with van der Waals surface area (Å²) in [4.78, 5) is 27.2. The van der Waals surface area contributed by atoms with Crippen molar-refractivity contribution in [2.75, 3.05) is 11.9 Å². The number of benzene rings is 1. The largest absolute Gasteiger partial charge is 0.482 e. The zero-order chi connectivity index (χ0) is 17.1. The Labute approximate surface area is 139 Å². The lowest BCUT2D eigenvalue weighted by molar-refractivity contribution is -0.139. The van der Waals surface area contributed by atoms with Crippen LogP contribution in [0.1, 0.15) is 40.2 Å². The number of carboxylic acid groups (broad SMARTS) is 1. The van der Waals surface area contributed by atoms with E-state index >= 15 is 0 Å². The summed E-state index contributed by atoms with van der Waals surface area (Å²) < 4.78 is 5.05. The molecule has 1 aromatic carbocycles. The molecule has 2 aromatic rings. The Bertz CT molecular complexity index is 767. The van der Waals surface area contributed by atoms with Crippen molar-refractivity contribution in [3.8, 4) is 5.75 Å². The zero-order valence-corrected chi connectivity index (χ0v) is 13.3. The monoisotopic (exact) mass is 326 g/mol. The lowest BCUT2D eigenvalue weighted by Gasteiger charge is -2.12. The molecule has 6 heteroatoms. The summed E-state index contributed by atoms with van der Waals surface area (Å²) in [7, 11) is 0. The molecule has 0 saturated heterocycles. The van der Waals surface area contributed by atoms with E-state index in [0.717, 1.165) is 24.0 Å². The Morgan fingerprint density at radius 3 is 2.58 bits per heavy atom. The standard InChI is InChI=1S/C18H18N2O4/c1-11-8-9-19-17(16(11)12-2-3-12)20-18(23)13-4-6-14(7-5-13)24-10-15(21)22/h4-9,12H,2-3,10H2,1H3,(H,21,22)(H,19,20,23). The average molecular weight is 326 g/mol. The van der Waals surface area contributed by atoms with Gasteiger partial charge >= 0.3 is 5.97 Å². The number of carboxylic acids is 1. The molecule has 2 N–H and O–H groups in total. The number of rotatable bonds is 6. The number of aryl methyl sites for hydroxylation is 1. The topological polar surface area (TPSA) is 88.5 Å². The maximum Gasteiger partial charge on any atom is 0.341 e. The first kappa shape index (κ1) is 16.0. The van der Waals surface area contributed by atoms with Crippen LogP contribution in [0.3, 0.4) is 0 Å². The number of pyridine rings is 1. The van der Waals surface area contributed by atoms with Gasteiger partial charge in [0.25, 0.3) is 5.91 Å². The van der Waals surface area contributed by atoms with Gasteiger partial charge in [-0.3, -0.25) is 4.79 Å². The minimum absolute atomic E-state index is 0.250. The van der Waals surface area contributed by atoms with Crippen LogP contribution in [0.4, 0.5) is 5.82 Å². The SMILES string of the molecule is Cc1ccnc(NC(=O)c2ccc(OCC(=O)O)cc2)c1C1CC1. The Hall–Kier alpha value is -2.89. The van der Waals surface area contributed by atoms with Crippen molar-refractivity contribution in [2.24, 2.45) is 0 Å². The number of aromatic nitrogens is 1. The third-order valence-corrected chi connectivity index (χ3v) is 3.90. The highest BCUT2D eigenvalue weighted by Gasteiger charge is 2.29. The number of amides is 1. The average Bonchev–Trinajstić information content (AvgIpc) is 3.38. The Balaban J connectivity index is 1.71. The van der Waals surface area contributed by atoms with E-state index in [2.05, 4.69) is 10.3 Å². The van der Waals surface area contributed by atoms with Crippen LogP contribution in [0.25, 0.3) is 0 Å². The number of anilines is 1. The molecule has 24 heavy (non-hydrogen) atoms. The predicted molar refractivity (Wildman–Crippen MR) is 88.5 cm³/mol. The van der Waals surface area contributed by atoms with Crippen LogP contribution in [-0.4, -0.2) is 28.6 Å². The van der Waals surface area contributed by atoms with E-state index in [1.54, 1.807) is 30.5 Å². The third-order valence-electron chi connectivity index (χ3n) is 3.90. The summed E-state index contributed by atoms with van der Waals surface area (Å²) in [6, 6.07) is 8.29. The van der Waals surface area contributed by atoms with E-state index in [-0.39, 0.29) is 5.91 Å². The summed E-state index contributed by atoms with van der Waals surface area (Å²) in [6.45, 7) is 1.61. The number of ether oxygens (including phenoxy) is 1. The highest BCUT2D eigenvalue weighted by molar-refractivity contribution is 6.04. The Morgan fingerprint density at radius 2 is 1.96 bits per heavy atom. The number of nitrogens with one attached hydrogen (secondary N) is 1. The van der Waals surface area contributed by atoms with Crippen molar-refractivity contribution >= 4 is 17.7 Å². The van der Waals surface area contributed by atoms with E-state index in [1.807, 2.05) is 13.0 Å². The van der Waals surface area contributed by atoms with Crippen LogP contribution in [0.15, 0.2) is 36.5 Å². The van der Waals surface area contributed by atoms with Crippen LogP contribution < -0.4 is 10.1 Å². The lowest BCUT2D eigenvalue weighted by atomic mass is 10.1. The van der Waals surface area contributed by atoms with Crippen molar-refractivity contribution in [2.45, 2.75) is 25.7 Å². The van der Waals surface area contributed by atoms with Crippen LogP contribution in [0.5, 0.6) is 5.75 Å². The maximum atomic E-state index is 12.4. The number of hydrogen-bond acceptors (Lipinski definition) is 4. The van der Waals surface area contributed by atoms with Gasteiger partial charge in [0.15, 0.2) is 6.61 Å². The second-order valence-electron chi connectivity index (χ2n) is 5.83. The van der Waals surface area contributed by atoms with E-state index in [4.69, 9.17) is 9.84 Å². The number of aliphatic carboxylic acids is 1. The predicted octanol–water partition coefficient (Wildman–Crippen LogP) is 2.98. The van der Waals surface area contributed by atoms with E-state index in [9.17, 15) is 9.59 Å². The molecule has 1 fully saturated rings. The maximum absolute atomic E-state index is 12.4. The van der Waals surface area contributed by atoms with Crippen LogP contribution in [-0.2, 0) is 4.79 Å². The third kappa shape index (κ3) is 3.71. The molecule has 6 nitrogen and oxygen atoms in total. The highest BCUT2D eigenvalue weighted by atomic mass is 16.5. The van der Waals surface area contributed by atoms with Gasteiger partial charge in [-0.1, -0.05) is 0 Å². The number of nitrogens with zero attached hydrogens (tertiary/aromatic N) is 1. The molecule has 0 atom stereocenters. The first-order valence-electron chi connectivity index (χ1n) is 7.76. The summed E-state index contributed by atoms with van der Waals surface area (Å²) in [5.74, 6) is 0.213. The van der Waals surface area contributed by atoms with Gasteiger partial charge < -0.3 is 15.2 Å².